The Bertz CT molecular complexity index is 2320. The van der Waals surface area contributed by atoms with Gasteiger partial charge in [-0.05, 0) is 108 Å². The molecule has 31 nitrogen and oxygen atoms in total. The van der Waals surface area contributed by atoms with E-state index in [0.29, 0.717) is 98.3 Å². The monoisotopic (exact) mass is 1880 g/mol. The Kier molecular flexibility index (Phi) is 99.8. The first-order valence-corrected chi connectivity index (χ1v) is 51.9. The second-order valence-corrected chi connectivity index (χ2v) is 41.1. The largest absolute Gasteiger partial charge is 0.533 e. The molecule has 1 aliphatic heterocycles. The zero-order chi connectivity index (χ0) is 84.3. The topological polar surface area (TPSA) is 406 Å². The molecule has 1 saturated heterocycles. The first-order chi connectivity index (χ1) is 52.3. The van der Waals surface area contributed by atoms with Crippen molar-refractivity contribution >= 4 is 245 Å². The number of imide groups is 1. The number of aliphatic hydroxyl groups is 3. The summed E-state index contributed by atoms with van der Waals surface area (Å²) < 4.78 is 47.8. The number of carbonyl (C=O) groups is 12. The van der Waals surface area contributed by atoms with Gasteiger partial charge in [0.2, 0.25) is 0 Å². The number of hydrogen-bond donors (Lipinski definition) is 4. The number of amides is 2. The SMILES string of the molecule is CC(=O)OCCSSCCOC(=O)CCCN(C)C.CC(C)(C)OC(=O)CCCSSCCOC(=O)Cl.CN(C)CCCC(=O)OCCSSCCO.CN(C)CCCC(=O)OCCSSCCOC(=O)ON1C(=O)CCC1=O.COC(=O)CSSCCO.COC(=O)CSSCCOC(=O)Cl.NCCSSCCO. The minimum Gasteiger partial charge on any atom is -0.468 e. The first kappa shape index (κ1) is 120. The summed E-state index contributed by atoms with van der Waals surface area (Å²) in [6, 6.07) is 0. The van der Waals surface area contributed by atoms with E-state index >= 15 is 0 Å². The lowest BCUT2D eigenvalue weighted by molar-refractivity contribution is -0.177. The molecular weight excluding hydrogens is 1760 g/mol. The smallest absolute Gasteiger partial charge is 0.468 e. The molecule has 2 amide bonds. The quantitative estimate of drug-likeness (QED) is 0.0110. The molecule has 0 aromatic heterocycles. The normalized spacial score (nSPS) is 11.2. The number of esters is 7. The maximum Gasteiger partial charge on any atom is 0.533 e. The fraction of sp³-hybridized carbons (Fsp3) is 0.810. The van der Waals surface area contributed by atoms with E-state index in [2.05, 4.69) is 28.7 Å². The average Bonchev–Trinajstić information content (AvgIpc) is 1.73. The van der Waals surface area contributed by atoms with Gasteiger partial charge >= 0.3 is 58.8 Å². The number of nitrogens with two attached hydrogens (primary N) is 1. The number of hydrogen-bond acceptors (Lipinski definition) is 44. The molecule has 1 rings (SSSR count). The van der Waals surface area contributed by atoms with Crippen LogP contribution in [0.25, 0.3) is 0 Å². The van der Waals surface area contributed by atoms with Crippen LogP contribution in [0.2, 0.25) is 0 Å². The summed E-state index contributed by atoms with van der Waals surface area (Å²) in [6.07, 6.45) is 4.04. The van der Waals surface area contributed by atoms with Gasteiger partial charge in [-0.2, -0.15) is 0 Å². The van der Waals surface area contributed by atoms with Crippen molar-refractivity contribution in [2.75, 3.05) is 229 Å². The van der Waals surface area contributed by atoms with Crippen LogP contribution in [-0.2, 0) is 95.4 Å². The summed E-state index contributed by atoms with van der Waals surface area (Å²) in [7, 11) is 36.1. The number of nitrogens with zero attached hydrogens (tertiary/aromatic N) is 4. The Morgan fingerprint density at radius 1 is 0.409 bits per heavy atom. The Morgan fingerprint density at radius 2 is 0.700 bits per heavy atom. The zero-order valence-corrected chi connectivity index (χ0v) is 77.9. The second kappa shape index (κ2) is 91.7. The Morgan fingerprint density at radius 3 is 1.01 bits per heavy atom. The zero-order valence-electron chi connectivity index (χ0n) is 64.9. The molecule has 0 aromatic rings. The third-order valence-corrected chi connectivity index (χ3v) is 26.7. The third kappa shape index (κ3) is 111. The van der Waals surface area contributed by atoms with Crippen LogP contribution < -0.4 is 5.73 Å². The molecule has 0 spiro atoms. The van der Waals surface area contributed by atoms with E-state index in [1.54, 1.807) is 86.4 Å². The highest BCUT2D eigenvalue weighted by Crippen LogP contribution is 2.25. The third-order valence-electron chi connectivity index (χ3n) is 10.2. The summed E-state index contributed by atoms with van der Waals surface area (Å²) in [5.74, 6) is 6.91. The molecule has 0 atom stereocenters. The van der Waals surface area contributed by atoms with E-state index in [4.69, 9.17) is 72.7 Å². The molecule has 5 N–H and O–H groups in total. The number of halogens is 2. The summed E-state index contributed by atoms with van der Waals surface area (Å²) in [6.45, 7) is 13.3. The van der Waals surface area contributed by atoms with Crippen molar-refractivity contribution in [1.29, 1.82) is 0 Å². The Balaban J connectivity index is -0.000000295. The minimum atomic E-state index is -1.08. The molecule has 648 valence electrons. The standard InChI is InChI=1S/C15H24N2O7S2.C12H23NO4S2.C11H19ClO4S2.C10H21NO3S2.C6H9ClO4S2.C5H10O3S2.C4H11NOS2/c1-16(2)7-3-4-14(20)22-8-10-25-26-11-9-23-15(21)24-17-12(18)5-6-13(17)19;1-11(14)16-7-9-18-19-10-8-17-12(15)5-4-6-13(2)3;1-11(2,3)16-9(13)5-4-7-17-18-8-6-15-10(12)14;1-11(2)5-3-4-10(13)14-7-9-16-15-8-6-12;1-10-5(8)4-13-12-3-2-11-6(7)9;1-8-5(7)4-10-9-3-2-6;5-1-3-7-8-4-2-6/h3-11H2,1-2H3;4-10H2,1-3H3;4-8H2,1-3H3;12H,3-9H2,1-2H3;2-4H2,1H3;6H,2-4H2,1H3;6H,1-5H2. The Labute approximate surface area is 715 Å². The molecule has 0 saturated carbocycles. The minimum absolute atomic E-state index is 0.0405. The highest BCUT2D eigenvalue weighted by molar-refractivity contribution is 8.78. The van der Waals surface area contributed by atoms with E-state index in [1.165, 1.54) is 85.9 Å². The fourth-order valence-corrected chi connectivity index (χ4v) is 17.6. The van der Waals surface area contributed by atoms with E-state index in [0.717, 1.165) is 92.1 Å². The summed E-state index contributed by atoms with van der Waals surface area (Å²) in [5, 5.41) is 25.6. The van der Waals surface area contributed by atoms with Gasteiger partial charge in [0.1, 0.15) is 63.4 Å². The van der Waals surface area contributed by atoms with Crippen LogP contribution in [0.15, 0.2) is 0 Å². The summed E-state index contributed by atoms with van der Waals surface area (Å²) in [5.41, 5.74) is 3.22. The summed E-state index contributed by atoms with van der Waals surface area (Å²) in [4.78, 5) is 142. The number of carbonyl (C=O) groups excluding carboxylic acids is 12. The van der Waals surface area contributed by atoms with E-state index in [1.807, 2.05) is 72.9 Å². The number of rotatable bonds is 57. The number of methoxy groups -OCH3 is 2. The van der Waals surface area contributed by atoms with Crippen LogP contribution in [-0.4, -0.2) is 341 Å². The molecule has 0 aromatic carbocycles. The number of ether oxygens (including phenoxy) is 10. The maximum absolute atomic E-state index is 11.4. The van der Waals surface area contributed by atoms with Gasteiger partial charge in [-0.1, -0.05) is 156 Å². The van der Waals surface area contributed by atoms with Crippen LogP contribution >= 0.6 is 174 Å². The van der Waals surface area contributed by atoms with Gasteiger partial charge in [-0.25, -0.2) is 14.4 Å². The molecule has 47 heteroatoms. The lowest BCUT2D eigenvalue weighted by atomic mass is 10.2. The number of aliphatic hydroxyl groups excluding tert-OH is 3. The van der Waals surface area contributed by atoms with Crippen molar-refractivity contribution in [3.05, 3.63) is 0 Å². The van der Waals surface area contributed by atoms with Gasteiger partial charge in [0.05, 0.1) is 34.0 Å². The molecular formula is C63H117Cl2N5O26S14. The van der Waals surface area contributed by atoms with Crippen molar-refractivity contribution < 1.29 is 125 Å². The molecule has 0 bridgehead atoms. The molecule has 1 fully saturated rings. The summed E-state index contributed by atoms with van der Waals surface area (Å²) >= 11 is 9.91. The van der Waals surface area contributed by atoms with E-state index in [-0.39, 0.29) is 93.4 Å². The van der Waals surface area contributed by atoms with Crippen molar-refractivity contribution in [1.82, 2.24) is 19.8 Å². The van der Waals surface area contributed by atoms with Crippen LogP contribution in [0.5, 0.6) is 0 Å². The van der Waals surface area contributed by atoms with Crippen molar-refractivity contribution in [3.8, 4) is 0 Å². The van der Waals surface area contributed by atoms with Gasteiger partial charge in [-0.15, -0.1) is 0 Å². The average molecular weight is 1880 g/mol. The number of hydroxylamine groups is 2. The fourth-order valence-electron chi connectivity index (χ4n) is 5.69. The van der Waals surface area contributed by atoms with Crippen LogP contribution in [0, 0.1) is 0 Å². The highest BCUT2D eigenvalue weighted by Gasteiger charge is 2.33. The molecule has 0 radical (unpaired) electrons. The maximum atomic E-state index is 11.4. The highest BCUT2D eigenvalue weighted by atomic mass is 35.5. The van der Waals surface area contributed by atoms with E-state index in [9.17, 15) is 57.5 Å². The molecule has 0 aliphatic carbocycles. The van der Waals surface area contributed by atoms with Gasteiger partial charge in [0.15, 0.2) is 0 Å². The first-order valence-electron chi connectivity index (χ1n) is 33.8. The lowest BCUT2D eigenvalue weighted by Crippen LogP contribution is -2.32. The van der Waals surface area contributed by atoms with Gasteiger partial charge in [-0.3, -0.25) is 48.0 Å². The van der Waals surface area contributed by atoms with Crippen molar-refractivity contribution in [3.63, 3.8) is 0 Å². The van der Waals surface area contributed by atoms with Crippen LogP contribution in [0.3, 0.4) is 0 Å². The lowest BCUT2D eigenvalue weighted by Gasteiger charge is -2.19. The predicted molar refractivity (Wildman–Crippen MR) is 465 cm³/mol. The van der Waals surface area contributed by atoms with Crippen molar-refractivity contribution in [2.45, 2.75) is 97.5 Å². The van der Waals surface area contributed by atoms with Gasteiger partial charge in [0, 0.05) is 144 Å². The Hall–Kier alpha value is -1.16. The van der Waals surface area contributed by atoms with Crippen LogP contribution in [0.4, 0.5) is 14.4 Å². The van der Waals surface area contributed by atoms with Gasteiger partial charge < -0.3 is 83.1 Å². The molecule has 0 unspecified atom stereocenters. The van der Waals surface area contributed by atoms with Gasteiger partial charge in [0.25, 0.3) is 11.8 Å². The van der Waals surface area contributed by atoms with Crippen LogP contribution in [0.1, 0.15) is 91.9 Å². The molecule has 1 heterocycles. The molecule has 110 heavy (non-hydrogen) atoms. The van der Waals surface area contributed by atoms with E-state index < -0.39 is 34.4 Å². The molecule has 1 aliphatic rings. The van der Waals surface area contributed by atoms with Crippen molar-refractivity contribution in [2.24, 2.45) is 5.73 Å². The predicted octanol–water partition coefficient (Wildman–Crippen LogP) is 11.2. The second-order valence-electron chi connectivity index (χ2n) is 21.9.